The number of hydrogen-bond acceptors (Lipinski definition) is 3. The van der Waals surface area contributed by atoms with Gasteiger partial charge in [0.25, 0.3) is 5.91 Å². The van der Waals surface area contributed by atoms with Gasteiger partial charge in [0.15, 0.2) is 0 Å². The van der Waals surface area contributed by atoms with Crippen LogP contribution in [0.2, 0.25) is 0 Å². The van der Waals surface area contributed by atoms with Crippen LogP contribution in [0.25, 0.3) is 0 Å². The first kappa shape index (κ1) is 16.0. The van der Waals surface area contributed by atoms with Gasteiger partial charge in [0.05, 0.1) is 24.4 Å². The molecule has 1 aliphatic rings. The third-order valence-corrected chi connectivity index (χ3v) is 3.85. The first-order chi connectivity index (χ1) is 11.6. The van der Waals surface area contributed by atoms with Gasteiger partial charge in [-0.1, -0.05) is 42.5 Å². The molecule has 0 spiro atoms. The largest absolute Gasteiger partial charge is 0.478 e. The van der Waals surface area contributed by atoms with Gasteiger partial charge in [0, 0.05) is 5.69 Å². The Balaban J connectivity index is 1.67. The molecule has 0 radical (unpaired) electrons. The Morgan fingerprint density at radius 1 is 0.917 bits per heavy atom. The molecule has 0 fully saturated rings. The first-order valence-electron chi connectivity index (χ1n) is 7.61. The lowest BCUT2D eigenvalue weighted by atomic mass is 10.0. The van der Waals surface area contributed by atoms with Crippen molar-refractivity contribution in [1.29, 1.82) is 0 Å². The monoisotopic (exact) mass is 323 g/mol. The minimum absolute atomic E-state index is 0.0215. The van der Waals surface area contributed by atoms with Crippen LogP contribution in [-0.4, -0.2) is 30.2 Å². The van der Waals surface area contributed by atoms with Crippen LogP contribution in [0, 0.1) is 0 Å². The highest BCUT2D eigenvalue weighted by atomic mass is 16.5. The van der Waals surface area contributed by atoms with Crippen LogP contribution in [0.1, 0.15) is 11.1 Å². The zero-order valence-electron chi connectivity index (χ0n) is 13.0. The Hall–Kier alpha value is -2.92. The summed E-state index contributed by atoms with van der Waals surface area (Å²) in [4.78, 5) is 23.3. The van der Waals surface area contributed by atoms with E-state index in [9.17, 15) is 9.59 Å². The van der Waals surface area contributed by atoms with Crippen LogP contribution >= 0.6 is 0 Å². The van der Waals surface area contributed by atoms with Gasteiger partial charge in [-0.05, 0) is 29.7 Å². The summed E-state index contributed by atoms with van der Waals surface area (Å²) < 4.78 is 5.06. The van der Waals surface area contributed by atoms with E-state index >= 15 is 0 Å². The van der Waals surface area contributed by atoms with Gasteiger partial charge in [-0.2, -0.15) is 0 Å². The number of carboxylic acid groups (broad SMARTS) is 1. The molecule has 0 atom stereocenters. The maximum absolute atomic E-state index is 12.2. The molecule has 122 valence electrons. The van der Waals surface area contributed by atoms with Crippen molar-refractivity contribution in [2.45, 2.75) is 6.42 Å². The number of amides is 1. The number of carbonyl (C=O) groups is 2. The summed E-state index contributed by atoms with van der Waals surface area (Å²) in [5.74, 6) is -1.54. The van der Waals surface area contributed by atoms with Crippen LogP contribution in [0.5, 0.6) is 0 Å². The molecule has 0 bridgehead atoms. The van der Waals surface area contributed by atoms with Gasteiger partial charge in [-0.25, -0.2) is 4.79 Å². The predicted octanol–water partition coefficient (Wildman–Crippen LogP) is 2.63. The minimum atomic E-state index is -1.11. The minimum Gasteiger partial charge on any atom is -0.478 e. The highest BCUT2D eigenvalue weighted by molar-refractivity contribution is 6.09. The molecule has 0 saturated heterocycles. The number of aliphatic carboxylic acids is 1. The van der Waals surface area contributed by atoms with Gasteiger partial charge in [0.1, 0.15) is 0 Å². The molecule has 1 heterocycles. The topological polar surface area (TPSA) is 75.6 Å². The van der Waals surface area contributed by atoms with Crippen LogP contribution in [0.15, 0.2) is 65.7 Å². The highest BCUT2D eigenvalue weighted by Crippen LogP contribution is 2.18. The van der Waals surface area contributed by atoms with E-state index < -0.39 is 11.9 Å². The Morgan fingerprint density at radius 3 is 2.21 bits per heavy atom. The molecule has 0 aromatic heterocycles. The second kappa shape index (κ2) is 7.10. The van der Waals surface area contributed by atoms with Crippen LogP contribution in [0.4, 0.5) is 5.69 Å². The lowest BCUT2D eigenvalue weighted by Gasteiger charge is -2.08. The summed E-state index contributed by atoms with van der Waals surface area (Å²) in [6.45, 7) is -0.00629. The Kier molecular flexibility index (Phi) is 4.72. The van der Waals surface area contributed by atoms with Gasteiger partial charge in [0.2, 0.25) is 0 Å². The Morgan fingerprint density at radius 2 is 1.54 bits per heavy atom. The smallest absolute Gasteiger partial charge is 0.334 e. The number of anilines is 1. The fraction of sp³-hybridized carbons (Fsp3) is 0.158. The molecular weight excluding hydrogens is 306 g/mol. The lowest BCUT2D eigenvalue weighted by Crippen LogP contribution is -2.18. The van der Waals surface area contributed by atoms with Crippen molar-refractivity contribution >= 4 is 17.6 Å². The van der Waals surface area contributed by atoms with Gasteiger partial charge < -0.3 is 15.2 Å². The van der Waals surface area contributed by atoms with Crippen molar-refractivity contribution < 1.29 is 19.4 Å². The first-order valence-corrected chi connectivity index (χ1v) is 7.61. The number of rotatable bonds is 5. The summed E-state index contributed by atoms with van der Waals surface area (Å²) in [6.07, 6.45) is 0.817. The predicted molar refractivity (Wildman–Crippen MR) is 89.8 cm³/mol. The van der Waals surface area contributed by atoms with Gasteiger partial charge in [-0.3, -0.25) is 4.79 Å². The van der Waals surface area contributed by atoms with Crippen LogP contribution < -0.4 is 5.32 Å². The number of benzene rings is 2. The molecular formula is C19H17NO4. The summed E-state index contributed by atoms with van der Waals surface area (Å²) in [5, 5.41) is 11.8. The number of hydrogen-bond donors (Lipinski definition) is 2. The van der Waals surface area contributed by atoms with E-state index in [2.05, 4.69) is 17.4 Å². The fourth-order valence-corrected chi connectivity index (χ4v) is 2.57. The molecule has 0 unspecified atom stereocenters. The SMILES string of the molecule is O=C(O)C1=C(C(=O)Nc2ccc(Cc3ccccc3)cc2)COC1. The highest BCUT2D eigenvalue weighted by Gasteiger charge is 2.26. The molecule has 1 aliphatic heterocycles. The van der Waals surface area contributed by atoms with Crippen molar-refractivity contribution in [3.63, 3.8) is 0 Å². The molecule has 0 saturated carbocycles. The van der Waals surface area contributed by atoms with Crippen LogP contribution in [0.3, 0.4) is 0 Å². The quantitative estimate of drug-likeness (QED) is 0.887. The van der Waals surface area contributed by atoms with E-state index in [1.807, 2.05) is 42.5 Å². The molecule has 3 rings (SSSR count). The van der Waals surface area contributed by atoms with E-state index in [0.717, 1.165) is 12.0 Å². The number of carboxylic acids is 1. The zero-order valence-corrected chi connectivity index (χ0v) is 13.0. The third-order valence-electron chi connectivity index (χ3n) is 3.85. The van der Waals surface area contributed by atoms with E-state index in [0.29, 0.717) is 5.69 Å². The van der Waals surface area contributed by atoms with Crippen molar-refractivity contribution in [2.75, 3.05) is 18.5 Å². The number of ether oxygens (including phenoxy) is 1. The van der Waals surface area contributed by atoms with E-state index in [1.165, 1.54) is 5.56 Å². The van der Waals surface area contributed by atoms with E-state index in [1.54, 1.807) is 0 Å². The summed E-state index contributed by atoms with van der Waals surface area (Å²) >= 11 is 0. The standard InChI is InChI=1S/C19H17NO4/c21-18(16-11-24-12-17(16)19(22)23)20-15-8-6-14(7-9-15)10-13-4-2-1-3-5-13/h1-9H,10-12H2,(H,20,21)(H,22,23). The van der Waals surface area contributed by atoms with Gasteiger partial charge in [-0.15, -0.1) is 0 Å². The molecule has 24 heavy (non-hydrogen) atoms. The van der Waals surface area contributed by atoms with Crippen molar-refractivity contribution in [2.24, 2.45) is 0 Å². The third kappa shape index (κ3) is 3.70. The van der Waals surface area contributed by atoms with Crippen molar-refractivity contribution in [3.8, 4) is 0 Å². The molecule has 5 nitrogen and oxygen atoms in total. The molecule has 1 amide bonds. The maximum atomic E-state index is 12.2. The average Bonchev–Trinajstić information content (AvgIpc) is 3.08. The van der Waals surface area contributed by atoms with Crippen LogP contribution in [-0.2, 0) is 20.7 Å². The molecule has 2 aromatic rings. The lowest BCUT2D eigenvalue weighted by molar-refractivity contribution is -0.133. The number of nitrogens with one attached hydrogen (secondary N) is 1. The molecule has 0 aliphatic carbocycles. The average molecular weight is 323 g/mol. The molecule has 2 N–H and O–H groups in total. The normalized spacial score (nSPS) is 13.8. The molecule has 5 heteroatoms. The maximum Gasteiger partial charge on any atom is 0.334 e. The second-order valence-corrected chi connectivity index (χ2v) is 5.57. The zero-order chi connectivity index (χ0) is 16.9. The Labute approximate surface area is 139 Å². The second-order valence-electron chi connectivity index (χ2n) is 5.57. The van der Waals surface area contributed by atoms with Crippen molar-refractivity contribution in [3.05, 3.63) is 76.9 Å². The molecule has 2 aromatic carbocycles. The van der Waals surface area contributed by atoms with Gasteiger partial charge >= 0.3 is 5.97 Å². The number of carbonyl (C=O) groups excluding carboxylic acids is 1. The fourth-order valence-electron chi connectivity index (χ4n) is 2.57. The summed E-state index contributed by atoms with van der Waals surface area (Å²) in [7, 11) is 0. The van der Waals surface area contributed by atoms with E-state index in [-0.39, 0.29) is 24.4 Å². The summed E-state index contributed by atoms with van der Waals surface area (Å²) in [6, 6.07) is 17.6. The Bertz CT molecular complexity index is 779. The van der Waals surface area contributed by atoms with E-state index in [4.69, 9.17) is 9.84 Å². The van der Waals surface area contributed by atoms with Crippen molar-refractivity contribution in [1.82, 2.24) is 0 Å². The summed E-state index contributed by atoms with van der Waals surface area (Å²) in [5.41, 5.74) is 3.17.